The van der Waals surface area contributed by atoms with Crippen LogP contribution in [0.3, 0.4) is 0 Å². The standard InChI is InChI=1S/C19H24N4O2S/c1-14-16-4-6-22(18(24)13-15-3-2-12-26-15)7-5-17(16)21-19(20-14)23-8-10-25-11-9-23/h2-3,12H,4-11,13H2,1H3. The van der Waals surface area contributed by atoms with E-state index in [9.17, 15) is 4.79 Å². The molecule has 0 saturated carbocycles. The van der Waals surface area contributed by atoms with E-state index >= 15 is 0 Å². The lowest BCUT2D eigenvalue weighted by molar-refractivity contribution is -0.130. The molecule has 1 amide bonds. The van der Waals surface area contributed by atoms with Gasteiger partial charge in [-0.05, 0) is 30.4 Å². The van der Waals surface area contributed by atoms with Crippen LogP contribution in [0.2, 0.25) is 0 Å². The summed E-state index contributed by atoms with van der Waals surface area (Å²) in [5.41, 5.74) is 3.36. The average Bonchev–Trinajstić information content (AvgIpc) is 3.06. The Labute approximate surface area is 157 Å². The number of morpholine rings is 1. The molecule has 2 aromatic rings. The Kier molecular flexibility index (Phi) is 5.17. The molecule has 26 heavy (non-hydrogen) atoms. The number of aromatic nitrogens is 2. The van der Waals surface area contributed by atoms with E-state index in [2.05, 4.69) is 11.8 Å². The minimum absolute atomic E-state index is 0.208. The van der Waals surface area contributed by atoms with Crippen LogP contribution in [0.1, 0.15) is 21.8 Å². The van der Waals surface area contributed by atoms with Gasteiger partial charge in [0.25, 0.3) is 0 Å². The molecule has 0 radical (unpaired) electrons. The van der Waals surface area contributed by atoms with Crippen molar-refractivity contribution in [3.05, 3.63) is 39.3 Å². The SMILES string of the molecule is Cc1nc(N2CCOCC2)nc2c1CCN(C(=O)Cc1cccs1)CC2. The predicted octanol–water partition coefficient (Wildman–Crippen LogP) is 1.85. The van der Waals surface area contributed by atoms with Crippen LogP contribution in [0.25, 0.3) is 0 Å². The lowest BCUT2D eigenvalue weighted by atomic mass is 10.1. The highest BCUT2D eigenvalue weighted by Crippen LogP contribution is 2.22. The Morgan fingerprint density at radius 3 is 2.77 bits per heavy atom. The number of aryl methyl sites for hydroxylation is 1. The summed E-state index contributed by atoms with van der Waals surface area (Å²) in [6.07, 6.45) is 2.13. The summed E-state index contributed by atoms with van der Waals surface area (Å²) in [6, 6.07) is 4.02. The molecule has 0 unspecified atom stereocenters. The number of hydrogen-bond acceptors (Lipinski definition) is 6. The first kappa shape index (κ1) is 17.4. The van der Waals surface area contributed by atoms with Gasteiger partial charge in [0.15, 0.2) is 0 Å². The maximum atomic E-state index is 12.6. The minimum Gasteiger partial charge on any atom is -0.378 e. The highest BCUT2D eigenvalue weighted by Gasteiger charge is 2.23. The van der Waals surface area contributed by atoms with Gasteiger partial charge in [-0.25, -0.2) is 9.97 Å². The number of fused-ring (bicyclic) bond motifs is 1. The monoisotopic (exact) mass is 372 g/mol. The van der Waals surface area contributed by atoms with Crippen LogP contribution in [-0.2, 0) is 28.8 Å². The predicted molar refractivity (Wildman–Crippen MR) is 102 cm³/mol. The van der Waals surface area contributed by atoms with Crippen molar-refractivity contribution in [2.45, 2.75) is 26.2 Å². The number of ether oxygens (including phenoxy) is 1. The topological polar surface area (TPSA) is 58.6 Å². The van der Waals surface area contributed by atoms with Crippen molar-refractivity contribution in [2.75, 3.05) is 44.3 Å². The number of amides is 1. The maximum absolute atomic E-state index is 12.6. The van der Waals surface area contributed by atoms with E-state index in [1.165, 1.54) is 5.56 Å². The molecule has 1 fully saturated rings. The summed E-state index contributed by atoms with van der Waals surface area (Å²) >= 11 is 1.64. The Morgan fingerprint density at radius 2 is 2.00 bits per heavy atom. The van der Waals surface area contributed by atoms with Crippen molar-refractivity contribution in [1.82, 2.24) is 14.9 Å². The van der Waals surface area contributed by atoms with Crippen LogP contribution in [0.5, 0.6) is 0 Å². The minimum atomic E-state index is 0.208. The molecule has 7 heteroatoms. The molecule has 0 N–H and O–H groups in total. The lowest BCUT2D eigenvalue weighted by Gasteiger charge is -2.27. The van der Waals surface area contributed by atoms with Gasteiger partial charge in [0.1, 0.15) is 0 Å². The fraction of sp³-hybridized carbons (Fsp3) is 0.526. The summed E-state index contributed by atoms with van der Waals surface area (Å²) in [7, 11) is 0. The van der Waals surface area contributed by atoms with Crippen molar-refractivity contribution in [2.24, 2.45) is 0 Å². The highest BCUT2D eigenvalue weighted by atomic mass is 32.1. The summed E-state index contributed by atoms with van der Waals surface area (Å²) in [5, 5.41) is 2.02. The number of thiophene rings is 1. The van der Waals surface area contributed by atoms with E-state index in [0.29, 0.717) is 6.42 Å². The van der Waals surface area contributed by atoms with Gasteiger partial charge in [0.2, 0.25) is 11.9 Å². The van der Waals surface area contributed by atoms with Crippen molar-refractivity contribution in [3.63, 3.8) is 0 Å². The van der Waals surface area contributed by atoms with Crippen LogP contribution in [0.15, 0.2) is 17.5 Å². The molecule has 0 spiro atoms. The fourth-order valence-electron chi connectivity index (χ4n) is 3.60. The average molecular weight is 372 g/mol. The lowest BCUT2D eigenvalue weighted by Crippen LogP contribution is -2.37. The molecule has 0 bridgehead atoms. The van der Waals surface area contributed by atoms with Crippen LogP contribution >= 0.6 is 11.3 Å². The molecule has 2 aliphatic rings. The van der Waals surface area contributed by atoms with Gasteiger partial charge in [0.05, 0.1) is 25.3 Å². The normalized spacial score (nSPS) is 17.7. The molecule has 4 rings (SSSR count). The summed E-state index contributed by atoms with van der Waals surface area (Å²) in [4.78, 5) is 27.5. The number of rotatable bonds is 3. The molecule has 0 atom stereocenters. The van der Waals surface area contributed by atoms with Gasteiger partial charge < -0.3 is 14.5 Å². The van der Waals surface area contributed by atoms with Gasteiger partial charge in [-0.2, -0.15) is 0 Å². The second-order valence-electron chi connectivity index (χ2n) is 6.77. The van der Waals surface area contributed by atoms with Crippen molar-refractivity contribution in [3.8, 4) is 0 Å². The number of carbonyl (C=O) groups is 1. The van der Waals surface area contributed by atoms with Crippen LogP contribution in [0, 0.1) is 6.92 Å². The zero-order chi connectivity index (χ0) is 17.9. The quantitative estimate of drug-likeness (QED) is 0.823. The second kappa shape index (κ2) is 7.72. The smallest absolute Gasteiger partial charge is 0.227 e. The summed E-state index contributed by atoms with van der Waals surface area (Å²) in [5.74, 6) is 1.02. The van der Waals surface area contributed by atoms with Gasteiger partial charge in [-0.15, -0.1) is 11.3 Å². The van der Waals surface area contributed by atoms with E-state index in [1.807, 2.05) is 22.4 Å². The molecule has 2 aliphatic heterocycles. The number of hydrogen-bond donors (Lipinski definition) is 0. The largest absolute Gasteiger partial charge is 0.378 e. The first-order chi connectivity index (χ1) is 12.7. The third-order valence-corrected chi connectivity index (χ3v) is 5.97. The summed E-state index contributed by atoms with van der Waals surface area (Å²) in [6.45, 7) is 6.67. The van der Waals surface area contributed by atoms with E-state index < -0.39 is 0 Å². The first-order valence-electron chi connectivity index (χ1n) is 9.20. The Morgan fingerprint density at radius 1 is 1.19 bits per heavy atom. The molecule has 138 valence electrons. The highest BCUT2D eigenvalue weighted by molar-refractivity contribution is 7.10. The fourth-order valence-corrected chi connectivity index (χ4v) is 4.29. The number of carbonyl (C=O) groups excluding carboxylic acids is 1. The third kappa shape index (κ3) is 3.73. The Balaban J connectivity index is 1.48. The van der Waals surface area contributed by atoms with Crippen LogP contribution in [0.4, 0.5) is 5.95 Å². The van der Waals surface area contributed by atoms with Crippen molar-refractivity contribution < 1.29 is 9.53 Å². The van der Waals surface area contributed by atoms with Gasteiger partial charge in [-0.3, -0.25) is 4.79 Å². The maximum Gasteiger partial charge on any atom is 0.227 e. The molecule has 0 aromatic carbocycles. The Bertz CT molecular complexity index is 772. The van der Waals surface area contributed by atoms with E-state index in [1.54, 1.807) is 11.3 Å². The second-order valence-corrected chi connectivity index (χ2v) is 7.80. The molecular weight excluding hydrogens is 348 g/mol. The number of nitrogens with zero attached hydrogens (tertiary/aromatic N) is 4. The molecule has 1 saturated heterocycles. The van der Waals surface area contributed by atoms with E-state index in [-0.39, 0.29) is 5.91 Å². The summed E-state index contributed by atoms with van der Waals surface area (Å²) < 4.78 is 5.43. The van der Waals surface area contributed by atoms with Crippen LogP contribution < -0.4 is 4.90 Å². The third-order valence-electron chi connectivity index (χ3n) is 5.09. The van der Waals surface area contributed by atoms with Crippen LogP contribution in [-0.4, -0.2) is 60.2 Å². The van der Waals surface area contributed by atoms with Gasteiger partial charge in [0, 0.05) is 43.2 Å². The first-order valence-corrected chi connectivity index (χ1v) is 10.1. The number of anilines is 1. The Hall–Kier alpha value is -1.99. The van der Waals surface area contributed by atoms with Gasteiger partial charge >= 0.3 is 0 Å². The molecule has 6 nitrogen and oxygen atoms in total. The zero-order valence-corrected chi connectivity index (χ0v) is 15.9. The zero-order valence-electron chi connectivity index (χ0n) is 15.1. The van der Waals surface area contributed by atoms with Crippen molar-refractivity contribution in [1.29, 1.82) is 0 Å². The molecule has 4 heterocycles. The molecule has 0 aliphatic carbocycles. The van der Waals surface area contributed by atoms with Crippen molar-refractivity contribution >= 4 is 23.2 Å². The molecular formula is C19H24N4O2S. The van der Waals surface area contributed by atoms with Gasteiger partial charge in [-0.1, -0.05) is 6.07 Å². The molecule has 2 aromatic heterocycles. The van der Waals surface area contributed by atoms with E-state index in [4.69, 9.17) is 14.7 Å². The van der Waals surface area contributed by atoms with E-state index in [0.717, 1.165) is 74.4 Å².